The highest BCUT2D eigenvalue weighted by atomic mass is 16.4. The summed E-state index contributed by atoms with van der Waals surface area (Å²) >= 11 is 0. The Bertz CT molecular complexity index is 500. The van der Waals surface area contributed by atoms with Crippen molar-refractivity contribution in [1.29, 1.82) is 0 Å². The molecule has 0 aliphatic carbocycles. The van der Waals surface area contributed by atoms with Gasteiger partial charge in [-0.15, -0.1) is 0 Å². The highest BCUT2D eigenvalue weighted by Crippen LogP contribution is 2.26. The van der Waals surface area contributed by atoms with Crippen molar-refractivity contribution >= 4 is 11.9 Å². The normalized spacial score (nSPS) is 13.6. The molecule has 6 nitrogen and oxygen atoms in total. The third kappa shape index (κ3) is 4.04. The number of carboxylic acid groups (broad SMARTS) is 1. The number of rotatable bonds is 6. The summed E-state index contributed by atoms with van der Waals surface area (Å²) < 4.78 is 0. The Balaban J connectivity index is 2.88. The van der Waals surface area contributed by atoms with E-state index >= 15 is 0 Å². The number of carbonyl (C=O) groups is 2. The minimum atomic E-state index is -1.31. The van der Waals surface area contributed by atoms with Gasteiger partial charge in [0.25, 0.3) is 0 Å². The van der Waals surface area contributed by atoms with Crippen LogP contribution in [0.5, 0.6) is 0 Å². The molecule has 2 unspecified atom stereocenters. The topological polar surface area (TPSA) is 107 Å². The van der Waals surface area contributed by atoms with Crippen LogP contribution in [0, 0.1) is 6.92 Å². The predicted octanol–water partition coefficient (Wildman–Crippen LogP) is 0.614. The lowest BCUT2D eigenvalue weighted by molar-refractivity contribution is -0.119. The van der Waals surface area contributed by atoms with Crippen molar-refractivity contribution in [3.63, 3.8) is 0 Å². The van der Waals surface area contributed by atoms with Crippen molar-refractivity contribution in [1.82, 2.24) is 5.32 Å². The summed E-state index contributed by atoms with van der Waals surface area (Å²) in [6, 6.07) is 4.64. The molecule has 20 heavy (non-hydrogen) atoms. The monoisotopic (exact) mass is 281 g/mol. The molecular weight excluding hydrogens is 262 g/mol. The number of hydrogen-bond acceptors (Lipinski definition) is 4. The summed E-state index contributed by atoms with van der Waals surface area (Å²) in [5.41, 5.74) is 0.766. The summed E-state index contributed by atoms with van der Waals surface area (Å²) in [4.78, 5) is 21.9. The van der Waals surface area contributed by atoms with E-state index in [-0.39, 0.29) is 30.0 Å². The van der Waals surface area contributed by atoms with Gasteiger partial charge in [-0.3, -0.25) is 4.79 Å². The van der Waals surface area contributed by atoms with Gasteiger partial charge in [0.1, 0.15) is 6.10 Å². The van der Waals surface area contributed by atoms with Gasteiger partial charge in [0, 0.05) is 19.0 Å². The zero-order valence-corrected chi connectivity index (χ0v) is 11.5. The molecule has 0 spiro atoms. The lowest BCUT2D eigenvalue weighted by Gasteiger charge is -2.21. The second kappa shape index (κ2) is 7.02. The average molecular weight is 281 g/mol. The number of aliphatic hydroxyl groups is 2. The molecule has 0 saturated heterocycles. The van der Waals surface area contributed by atoms with Crippen LogP contribution < -0.4 is 5.32 Å². The van der Waals surface area contributed by atoms with Crippen LogP contribution in [0.1, 0.15) is 40.9 Å². The number of carbonyl (C=O) groups excluding carboxylic acids is 1. The molecule has 0 heterocycles. The number of carboxylic acids is 1. The van der Waals surface area contributed by atoms with Crippen LogP contribution in [0.25, 0.3) is 0 Å². The second-order valence-electron chi connectivity index (χ2n) is 4.63. The van der Waals surface area contributed by atoms with Crippen LogP contribution in [-0.4, -0.2) is 39.8 Å². The highest BCUT2D eigenvalue weighted by Gasteiger charge is 2.25. The summed E-state index contributed by atoms with van der Waals surface area (Å²) in [7, 11) is 0. The van der Waals surface area contributed by atoms with E-state index in [1.165, 1.54) is 13.0 Å². The predicted molar refractivity (Wildman–Crippen MR) is 72.4 cm³/mol. The molecule has 1 aromatic rings. The number of aliphatic hydroxyl groups excluding tert-OH is 2. The van der Waals surface area contributed by atoms with Gasteiger partial charge >= 0.3 is 5.97 Å². The quantitative estimate of drug-likeness (QED) is 0.611. The van der Waals surface area contributed by atoms with Crippen LogP contribution in [-0.2, 0) is 4.79 Å². The summed E-state index contributed by atoms with van der Waals surface area (Å²) in [5.74, 6) is -1.38. The minimum Gasteiger partial charge on any atom is -0.478 e. The average Bonchev–Trinajstić information content (AvgIpc) is 2.36. The molecule has 4 N–H and O–H groups in total. The van der Waals surface area contributed by atoms with Gasteiger partial charge in [-0.25, -0.2) is 4.79 Å². The third-order valence-corrected chi connectivity index (χ3v) is 3.03. The van der Waals surface area contributed by atoms with E-state index in [2.05, 4.69) is 5.32 Å². The Hall–Kier alpha value is -1.92. The van der Waals surface area contributed by atoms with Crippen LogP contribution in [0.4, 0.5) is 0 Å². The van der Waals surface area contributed by atoms with Crippen LogP contribution in [0.15, 0.2) is 18.2 Å². The Labute approximate surface area is 117 Å². The SMILES string of the molecule is CC(=O)NCCC(O)C(O)c1c(C)cccc1C(=O)O. The van der Waals surface area contributed by atoms with E-state index in [4.69, 9.17) is 5.11 Å². The number of amides is 1. The van der Waals surface area contributed by atoms with Crippen molar-refractivity contribution in [2.24, 2.45) is 0 Å². The fraction of sp³-hybridized carbons (Fsp3) is 0.429. The Morgan fingerprint density at radius 3 is 2.50 bits per heavy atom. The molecule has 0 saturated carbocycles. The molecule has 1 aromatic carbocycles. The number of nitrogens with one attached hydrogen (secondary N) is 1. The van der Waals surface area contributed by atoms with E-state index in [1.54, 1.807) is 19.1 Å². The number of aromatic carboxylic acids is 1. The molecule has 2 atom stereocenters. The molecular formula is C14H19NO5. The van der Waals surface area contributed by atoms with Gasteiger partial charge in [-0.2, -0.15) is 0 Å². The maximum absolute atomic E-state index is 11.2. The minimum absolute atomic E-state index is 0.0314. The van der Waals surface area contributed by atoms with Crippen LogP contribution >= 0.6 is 0 Å². The summed E-state index contributed by atoms with van der Waals surface area (Å²) in [6.07, 6.45) is -2.33. The number of benzene rings is 1. The molecule has 0 aliphatic heterocycles. The fourth-order valence-electron chi connectivity index (χ4n) is 2.01. The second-order valence-corrected chi connectivity index (χ2v) is 4.63. The smallest absolute Gasteiger partial charge is 0.336 e. The summed E-state index contributed by atoms with van der Waals surface area (Å²) in [5, 5.41) is 31.7. The third-order valence-electron chi connectivity index (χ3n) is 3.03. The first-order valence-corrected chi connectivity index (χ1v) is 6.28. The van der Waals surface area contributed by atoms with Gasteiger partial charge in [0.2, 0.25) is 5.91 Å². The van der Waals surface area contributed by atoms with Gasteiger partial charge in [-0.05, 0) is 25.0 Å². The van der Waals surface area contributed by atoms with E-state index < -0.39 is 18.2 Å². The van der Waals surface area contributed by atoms with Gasteiger partial charge < -0.3 is 20.6 Å². The van der Waals surface area contributed by atoms with E-state index in [0.29, 0.717) is 5.56 Å². The largest absolute Gasteiger partial charge is 0.478 e. The van der Waals surface area contributed by atoms with Crippen molar-refractivity contribution in [3.05, 3.63) is 34.9 Å². The molecule has 110 valence electrons. The molecule has 0 radical (unpaired) electrons. The first-order valence-electron chi connectivity index (χ1n) is 6.28. The Morgan fingerprint density at radius 1 is 1.30 bits per heavy atom. The first kappa shape index (κ1) is 16.1. The van der Waals surface area contributed by atoms with Crippen LogP contribution in [0.2, 0.25) is 0 Å². The van der Waals surface area contributed by atoms with E-state index in [0.717, 1.165) is 0 Å². The molecule has 6 heteroatoms. The van der Waals surface area contributed by atoms with Crippen molar-refractivity contribution in [2.75, 3.05) is 6.54 Å². The highest BCUT2D eigenvalue weighted by molar-refractivity contribution is 5.90. The summed E-state index contributed by atoms with van der Waals surface area (Å²) in [6.45, 7) is 3.24. The van der Waals surface area contributed by atoms with Gasteiger partial charge in [-0.1, -0.05) is 12.1 Å². The molecule has 0 bridgehead atoms. The Morgan fingerprint density at radius 2 is 1.95 bits per heavy atom. The van der Waals surface area contributed by atoms with Crippen molar-refractivity contribution in [3.8, 4) is 0 Å². The lowest BCUT2D eigenvalue weighted by atomic mass is 9.93. The standard InChI is InChI=1S/C14H19NO5/c1-8-4-3-5-10(14(19)20)12(8)13(18)11(17)6-7-15-9(2)16/h3-5,11,13,17-18H,6-7H2,1-2H3,(H,15,16)(H,19,20). The molecule has 0 fully saturated rings. The van der Waals surface area contributed by atoms with E-state index in [9.17, 15) is 19.8 Å². The van der Waals surface area contributed by atoms with Crippen molar-refractivity contribution in [2.45, 2.75) is 32.5 Å². The molecule has 1 amide bonds. The number of hydrogen-bond donors (Lipinski definition) is 4. The maximum Gasteiger partial charge on any atom is 0.336 e. The van der Waals surface area contributed by atoms with Crippen LogP contribution in [0.3, 0.4) is 0 Å². The Kier molecular flexibility index (Phi) is 5.66. The molecule has 1 rings (SSSR count). The van der Waals surface area contributed by atoms with Gasteiger partial charge in [0.15, 0.2) is 0 Å². The lowest BCUT2D eigenvalue weighted by Crippen LogP contribution is -2.28. The zero-order chi connectivity index (χ0) is 15.3. The molecule has 0 aromatic heterocycles. The molecule has 0 aliphatic rings. The zero-order valence-electron chi connectivity index (χ0n) is 11.5. The van der Waals surface area contributed by atoms with Gasteiger partial charge in [0.05, 0.1) is 11.7 Å². The number of aryl methyl sites for hydroxylation is 1. The van der Waals surface area contributed by atoms with E-state index in [1.807, 2.05) is 0 Å². The first-order chi connectivity index (χ1) is 9.34. The van der Waals surface area contributed by atoms with Crippen molar-refractivity contribution < 1.29 is 24.9 Å². The maximum atomic E-state index is 11.2. The fourth-order valence-corrected chi connectivity index (χ4v) is 2.01.